The van der Waals surface area contributed by atoms with Gasteiger partial charge in [-0.05, 0) is 49.1 Å². The van der Waals surface area contributed by atoms with E-state index in [0.717, 1.165) is 17.9 Å². The Labute approximate surface area is 154 Å². The maximum atomic E-state index is 6.00. The fraction of sp³-hybridized carbons (Fsp3) is 0.476. The van der Waals surface area contributed by atoms with Crippen LogP contribution < -0.4 is 14.8 Å². The quantitative estimate of drug-likeness (QED) is 0.921. The van der Waals surface area contributed by atoms with Crippen LogP contribution in [0.3, 0.4) is 0 Å². The van der Waals surface area contributed by atoms with E-state index in [1.54, 1.807) is 6.20 Å². The Morgan fingerprint density at radius 2 is 2.12 bits per heavy atom. The van der Waals surface area contributed by atoms with Crippen molar-refractivity contribution in [1.82, 2.24) is 15.2 Å². The molecule has 2 saturated heterocycles. The molecular formula is C21H25N3O2. The number of likely N-dealkylation sites (tertiary alicyclic amines) is 1. The number of benzene rings is 1. The summed E-state index contributed by atoms with van der Waals surface area (Å²) in [4.78, 5) is 6.83. The average Bonchev–Trinajstić information content (AvgIpc) is 3.31. The Bertz CT molecular complexity index is 771. The first-order chi connectivity index (χ1) is 12.8. The van der Waals surface area contributed by atoms with Crippen molar-refractivity contribution in [3.63, 3.8) is 0 Å². The van der Waals surface area contributed by atoms with Crippen molar-refractivity contribution in [3.8, 4) is 11.6 Å². The molecule has 26 heavy (non-hydrogen) atoms. The van der Waals surface area contributed by atoms with Gasteiger partial charge in [0.2, 0.25) is 0 Å². The van der Waals surface area contributed by atoms with Crippen molar-refractivity contribution >= 4 is 0 Å². The van der Waals surface area contributed by atoms with Crippen LogP contribution in [0.1, 0.15) is 36.5 Å². The fourth-order valence-electron chi connectivity index (χ4n) is 4.48. The number of rotatable bonds is 3. The lowest BCUT2D eigenvalue weighted by Crippen LogP contribution is -2.42. The van der Waals surface area contributed by atoms with Crippen molar-refractivity contribution in [1.29, 1.82) is 0 Å². The molecule has 0 saturated carbocycles. The number of ether oxygens (including phenoxy) is 2. The van der Waals surface area contributed by atoms with E-state index in [1.165, 1.54) is 44.5 Å². The molecule has 5 heteroatoms. The molecule has 2 aromatic rings. The fourth-order valence-corrected chi connectivity index (χ4v) is 4.48. The van der Waals surface area contributed by atoms with Gasteiger partial charge in [0.05, 0.1) is 0 Å². The first-order valence-corrected chi connectivity index (χ1v) is 9.60. The molecular weight excluding hydrogens is 326 g/mol. The molecule has 2 fully saturated rings. The van der Waals surface area contributed by atoms with Gasteiger partial charge in [-0.25, -0.2) is 4.98 Å². The molecule has 1 spiro atoms. The van der Waals surface area contributed by atoms with Gasteiger partial charge in [-0.2, -0.15) is 0 Å². The Balaban J connectivity index is 1.23. The number of pyridine rings is 1. The average molecular weight is 351 g/mol. The Morgan fingerprint density at radius 3 is 2.96 bits per heavy atom. The Morgan fingerprint density at radius 1 is 1.19 bits per heavy atom. The van der Waals surface area contributed by atoms with Crippen LogP contribution in [0.2, 0.25) is 0 Å². The van der Waals surface area contributed by atoms with Crippen molar-refractivity contribution in [3.05, 3.63) is 53.7 Å². The van der Waals surface area contributed by atoms with Crippen LogP contribution in [0.15, 0.2) is 42.6 Å². The molecule has 0 radical (unpaired) electrons. The van der Waals surface area contributed by atoms with Gasteiger partial charge in [0.25, 0.3) is 5.88 Å². The molecule has 5 rings (SSSR count). The van der Waals surface area contributed by atoms with Crippen molar-refractivity contribution < 1.29 is 9.47 Å². The van der Waals surface area contributed by atoms with Crippen LogP contribution in [0.25, 0.3) is 0 Å². The smallest absolute Gasteiger partial charge is 0.257 e. The molecule has 1 aromatic heterocycles. The second kappa shape index (κ2) is 6.56. The number of hydrogen-bond donors (Lipinski definition) is 1. The zero-order valence-corrected chi connectivity index (χ0v) is 15.0. The molecule has 0 aliphatic carbocycles. The van der Waals surface area contributed by atoms with E-state index >= 15 is 0 Å². The minimum absolute atomic E-state index is 0.0933. The minimum Gasteiger partial charge on any atom is -0.484 e. The zero-order chi connectivity index (χ0) is 17.4. The summed E-state index contributed by atoms with van der Waals surface area (Å²) >= 11 is 0. The minimum atomic E-state index is -0.0933. The van der Waals surface area contributed by atoms with E-state index in [-0.39, 0.29) is 6.10 Å². The molecule has 2 atom stereocenters. The summed E-state index contributed by atoms with van der Waals surface area (Å²) < 4.78 is 11.8. The van der Waals surface area contributed by atoms with E-state index < -0.39 is 0 Å². The number of fused-ring (bicyclic) bond motifs is 1. The standard InChI is InChI=1S/C21H25N3O2/c1-3-18-20(22-10-1)26-19(14-25-18)17-6-4-16(5-7-17)13-24-12-9-21(15-24)8-2-11-23-21/h1,3-7,10,19,23H,2,8-9,11-15H2/t19-,21?/m1/s1. The normalized spacial score (nSPS) is 27.9. The van der Waals surface area contributed by atoms with E-state index in [9.17, 15) is 0 Å². The molecule has 136 valence electrons. The Kier molecular flexibility index (Phi) is 4.06. The summed E-state index contributed by atoms with van der Waals surface area (Å²) in [6.07, 6.45) is 5.57. The van der Waals surface area contributed by atoms with E-state index in [4.69, 9.17) is 9.47 Å². The first-order valence-electron chi connectivity index (χ1n) is 9.60. The van der Waals surface area contributed by atoms with Crippen LogP contribution in [-0.2, 0) is 6.54 Å². The predicted molar refractivity (Wildman–Crippen MR) is 99.4 cm³/mol. The molecule has 3 aliphatic rings. The molecule has 5 nitrogen and oxygen atoms in total. The van der Waals surface area contributed by atoms with Gasteiger partial charge in [-0.1, -0.05) is 24.3 Å². The van der Waals surface area contributed by atoms with Gasteiger partial charge < -0.3 is 14.8 Å². The van der Waals surface area contributed by atoms with Crippen LogP contribution in [-0.4, -0.2) is 41.7 Å². The monoisotopic (exact) mass is 351 g/mol. The van der Waals surface area contributed by atoms with Crippen molar-refractivity contribution in [2.45, 2.75) is 37.5 Å². The second-order valence-electron chi connectivity index (χ2n) is 7.74. The highest BCUT2D eigenvalue weighted by atomic mass is 16.6. The SMILES string of the molecule is c1cnc2c(c1)OC[C@H](c1ccc(CN3CCC4(CCCN4)C3)cc1)O2. The van der Waals surface area contributed by atoms with Crippen LogP contribution >= 0.6 is 0 Å². The summed E-state index contributed by atoms with van der Waals surface area (Å²) in [6, 6.07) is 12.5. The maximum Gasteiger partial charge on any atom is 0.257 e. The molecule has 1 unspecified atom stereocenters. The number of aromatic nitrogens is 1. The molecule has 0 bridgehead atoms. The molecule has 3 aliphatic heterocycles. The van der Waals surface area contributed by atoms with Gasteiger partial charge in [0.1, 0.15) is 6.61 Å². The van der Waals surface area contributed by atoms with E-state index in [2.05, 4.69) is 39.5 Å². The third kappa shape index (κ3) is 3.06. The number of nitrogens with one attached hydrogen (secondary N) is 1. The third-order valence-corrected chi connectivity index (χ3v) is 5.90. The lowest BCUT2D eigenvalue weighted by atomic mass is 9.97. The highest BCUT2D eigenvalue weighted by molar-refractivity contribution is 5.36. The third-order valence-electron chi connectivity index (χ3n) is 5.90. The highest BCUT2D eigenvalue weighted by Gasteiger charge is 2.39. The largest absolute Gasteiger partial charge is 0.484 e. The number of hydrogen-bond acceptors (Lipinski definition) is 5. The van der Waals surface area contributed by atoms with Gasteiger partial charge in [-0.3, -0.25) is 4.90 Å². The van der Waals surface area contributed by atoms with E-state index in [1.807, 2.05) is 12.1 Å². The molecule has 1 N–H and O–H groups in total. The van der Waals surface area contributed by atoms with Crippen molar-refractivity contribution in [2.75, 3.05) is 26.2 Å². The van der Waals surface area contributed by atoms with Gasteiger partial charge in [-0.15, -0.1) is 0 Å². The summed E-state index contributed by atoms with van der Waals surface area (Å²) in [6.45, 7) is 5.10. The molecule has 0 amide bonds. The van der Waals surface area contributed by atoms with Crippen LogP contribution in [0.4, 0.5) is 0 Å². The van der Waals surface area contributed by atoms with Gasteiger partial charge in [0.15, 0.2) is 11.9 Å². The van der Waals surface area contributed by atoms with Gasteiger partial charge >= 0.3 is 0 Å². The van der Waals surface area contributed by atoms with Crippen LogP contribution in [0.5, 0.6) is 11.6 Å². The summed E-state index contributed by atoms with van der Waals surface area (Å²) in [5.74, 6) is 1.31. The van der Waals surface area contributed by atoms with Crippen LogP contribution in [0, 0.1) is 0 Å². The number of nitrogens with zero attached hydrogens (tertiary/aromatic N) is 2. The lowest BCUT2D eigenvalue weighted by Gasteiger charge is -2.26. The predicted octanol–water partition coefficient (Wildman–Crippen LogP) is 2.92. The molecule has 1 aromatic carbocycles. The maximum absolute atomic E-state index is 6.00. The highest BCUT2D eigenvalue weighted by Crippen LogP contribution is 2.34. The summed E-state index contributed by atoms with van der Waals surface area (Å²) in [5, 5.41) is 3.73. The lowest BCUT2D eigenvalue weighted by molar-refractivity contribution is 0.0851. The van der Waals surface area contributed by atoms with Gasteiger partial charge in [0, 0.05) is 31.4 Å². The molecule has 4 heterocycles. The topological polar surface area (TPSA) is 46.6 Å². The summed E-state index contributed by atoms with van der Waals surface area (Å²) in [7, 11) is 0. The van der Waals surface area contributed by atoms with E-state index in [0.29, 0.717) is 18.0 Å². The van der Waals surface area contributed by atoms with Crippen molar-refractivity contribution in [2.24, 2.45) is 0 Å². The first kappa shape index (κ1) is 16.1. The zero-order valence-electron chi connectivity index (χ0n) is 15.0. The Hall–Kier alpha value is -2.11. The second-order valence-corrected chi connectivity index (χ2v) is 7.74. The summed E-state index contributed by atoms with van der Waals surface area (Å²) in [5.41, 5.74) is 2.90.